The summed E-state index contributed by atoms with van der Waals surface area (Å²) in [7, 11) is 1.95. The second kappa shape index (κ2) is 6.17. The minimum Gasteiger partial charge on any atom is -0.361 e. The topological polar surface area (TPSA) is 61.7 Å². The molecule has 0 saturated carbocycles. The summed E-state index contributed by atoms with van der Waals surface area (Å²) < 4.78 is 9.82. The summed E-state index contributed by atoms with van der Waals surface area (Å²) in [4.78, 5) is 5.32. The zero-order valence-corrected chi connectivity index (χ0v) is 17.5. The third-order valence-corrected chi connectivity index (χ3v) is 7.25. The van der Waals surface area contributed by atoms with Gasteiger partial charge < -0.3 is 4.52 Å². The minimum atomic E-state index is -0.0391. The molecule has 1 aromatic carbocycles. The number of hydrogen-bond acceptors (Lipinski definition) is 4. The molecule has 6 rings (SSSR count). The van der Waals surface area contributed by atoms with Gasteiger partial charge in [-0.1, -0.05) is 37.2 Å². The van der Waals surface area contributed by atoms with Gasteiger partial charge in [-0.3, -0.25) is 9.25 Å². The lowest BCUT2D eigenvalue weighted by Gasteiger charge is -2.46. The molecule has 0 amide bonds. The van der Waals surface area contributed by atoms with Crippen LogP contribution in [0.3, 0.4) is 0 Å². The van der Waals surface area contributed by atoms with Crippen molar-refractivity contribution in [2.75, 3.05) is 0 Å². The maximum absolute atomic E-state index is 5.63. The van der Waals surface area contributed by atoms with Gasteiger partial charge in [-0.25, -0.2) is 4.98 Å². The van der Waals surface area contributed by atoms with E-state index in [0.29, 0.717) is 11.8 Å². The maximum atomic E-state index is 5.63. The molecule has 6 nitrogen and oxygen atoms in total. The Balaban J connectivity index is 1.60. The summed E-state index contributed by atoms with van der Waals surface area (Å²) in [6, 6.07) is 10.6. The molecule has 30 heavy (non-hydrogen) atoms. The molecule has 3 heterocycles. The van der Waals surface area contributed by atoms with Crippen molar-refractivity contribution in [1.82, 2.24) is 24.5 Å². The number of rotatable bonds is 2. The van der Waals surface area contributed by atoms with E-state index in [1.54, 1.807) is 0 Å². The highest BCUT2D eigenvalue weighted by atomic mass is 16.5. The first kappa shape index (κ1) is 17.7. The van der Waals surface area contributed by atoms with Crippen LogP contribution in [-0.4, -0.2) is 24.5 Å². The first-order chi connectivity index (χ1) is 14.6. The lowest BCUT2D eigenvalue weighted by atomic mass is 9.57. The second-order valence-electron chi connectivity index (χ2n) is 9.05. The van der Waals surface area contributed by atoms with Gasteiger partial charge in [0, 0.05) is 41.5 Å². The number of fused-ring (bicyclic) bond motifs is 4. The Hall–Kier alpha value is -3.15. The smallest absolute Gasteiger partial charge is 0.148 e. The summed E-state index contributed by atoms with van der Waals surface area (Å²) in [6.07, 6.45) is 8.91. The van der Waals surface area contributed by atoms with Crippen LogP contribution in [0.15, 0.2) is 53.4 Å². The first-order valence-corrected chi connectivity index (χ1v) is 10.7. The third-order valence-electron chi connectivity index (χ3n) is 7.25. The molecular weight excluding hydrogens is 374 g/mol. The summed E-state index contributed by atoms with van der Waals surface area (Å²) >= 11 is 0. The van der Waals surface area contributed by atoms with Gasteiger partial charge in [-0.2, -0.15) is 5.10 Å². The minimum absolute atomic E-state index is 0.0391. The van der Waals surface area contributed by atoms with Gasteiger partial charge in [0.15, 0.2) is 0 Å². The Labute approximate surface area is 175 Å². The number of aryl methyl sites for hydroxylation is 1. The molecule has 0 unspecified atom stereocenters. The Kier molecular flexibility index (Phi) is 3.64. The van der Waals surface area contributed by atoms with Crippen molar-refractivity contribution < 1.29 is 4.52 Å². The molecule has 0 radical (unpaired) electrons. The molecule has 0 spiro atoms. The molecule has 0 aliphatic heterocycles. The van der Waals surface area contributed by atoms with E-state index in [-0.39, 0.29) is 5.41 Å². The molecule has 4 aromatic rings. The second-order valence-corrected chi connectivity index (χ2v) is 9.05. The number of benzene rings is 1. The average molecular weight is 399 g/mol. The van der Waals surface area contributed by atoms with Crippen molar-refractivity contribution in [2.45, 2.75) is 44.4 Å². The molecular formula is C24H25N5O. The van der Waals surface area contributed by atoms with Crippen LogP contribution in [0, 0.1) is 5.92 Å². The van der Waals surface area contributed by atoms with Crippen molar-refractivity contribution >= 4 is 0 Å². The van der Waals surface area contributed by atoms with E-state index in [9.17, 15) is 0 Å². The fraction of sp³-hybridized carbons (Fsp3) is 0.375. The van der Waals surface area contributed by atoms with Crippen LogP contribution in [0.5, 0.6) is 0 Å². The standard InChI is InChI=1S/C24H25N5O/c1-15-19-9-10-20-22(24(19,2)11-16-13-26-30-21(15)16)27-23(17-12-25-28(3)14-17)29(20)18-7-5-4-6-8-18/h4-8,12-15,19H,9-11H2,1-3H3/t15-,19-,24-/m0/s1. The highest BCUT2D eigenvalue weighted by Gasteiger charge is 2.51. The molecule has 0 N–H and O–H groups in total. The fourth-order valence-corrected chi connectivity index (χ4v) is 5.89. The predicted octanol–water partition coefficient (Wildman–Crippen LogP) is 4.44. The highest BCUT2D eigenvalue weighted by molar-refractivity contribution is 5.60. The number of imidazole rings is 1. The van der Waals surface area contributed by atoms with Gasteiger partial charge in [-0.15, -0.1) is 0 Å². The van der Waals surface area contributed by atoms with Crippen LogP contribution in [0.25, 0.3) is 17.1 Å². The highest BCUT2D eigenvalue weighted by Crippen LogP contribution is 2.54. The monoisotopic (exact) mass is 399 g/mol. The van der Waals surface area contributed by atoms with E-state index in [1.165, 1.54) is 17.0 Å². The van der Waals surface area contributed by atoms with Crippen molar-refractivity contribution in [2.24, 2.45) is 13.0 Å². The van der Waals surface area contributed by atoms with Gasteiger partial charge in [0.2, 0.25) is 0 Å². The van der Waals surface area contributed by atoms with Gasteiger partial charge in [0.25, 0.3) is 0 Å². The van der Waals surface area contributed by atoms with Gasteiger partial charge in [0.1, 0.15) is 11.6 Å². The summed E-state index contributed by atoms with van der Waals surface area (Å²) in [5, 5.41) is 8.52. The molecule has 0 fully saturated rings. The van der Waals surface area contributed by atoms with E-state index in [1.807, 2.05) is 24.1 Å². The lowest BCUT2D eigenvalue weighted by Crippen LogP contribution is -2.44. The Morgan fingerprint density at radius 1 is 1.17 bits per heavy atom. The van der Waals surface area contributed by atoms with Gasteiger partial charge in [-0.05, 0) is 37.3 Å². The SMILES string of the molecule is C[C@@H]1c2oncc2C[C@]2(C)c3nc(-c4cnn(C)c4)n(-c4ccccc4)c3CC[C@@H]12. The average Bonchev–Trinajstić information content (AvgIpc) is 3.46. The lowest BCUT2D eigenvalue weighted by molar-refractivity contribution is 0.171. The largest absolute Gasteiger partial charge is 0.361 e. The van der Waals surface area contributed by atoms with E-state index >= 15 is 0 Å². The van der Waals surface area contributed by atoms with Gasteiger partial charge >= 0.3 is 0 Å². The Morgan fingerprint density at radius 3 is 2.77 bits per heavy atom. The molecule has 3 atom stereocenters. The third kappa shape index (κ3) is 2.33. The molecule has 2 aliphatic rings. The normalized spacial score (nSPS) is 24.9. The summed E-state index contributed by atoms with van der Waals surface area (Å²) in [5.74, 6) is 2.88. The van der Waals surface area contributed by atoms with Crippen LogP contribution < -0.4 is 0 Å². The number of nitrogens with zero attached hydrogens (tertiary/aromatic N) is 5. The van der Waals surface area contributed by atoms with Crippen molar-refractivity contribution in [3.05, 3.63) is 71.6 Å². The predicted molar refractivity (Wildman–Crippen MR) is 114 cm³/mol. The quantitative estimate of drug-likeness (QED) is 0.500. The zero-order valence-electron chi connectivity index (χ0n) is 17.5. The molecule has 0 bridgehead atoms. The van der Waals surface area contributed by atoms with Crippen LogP contribution in [0.2, 0.25) is 0 Å². The van der Waals surface area contributed by atoms with Crippen molar-refractivity contribution in [3.63, 3.8) is 0 Å². The Morgan fingerprint density at radius 2 is 2.00 bits per heavy atom. The first-order valence-electron chi connectivity index (χ1n) is 10.7. The van der Waals surface area contributed by atoms with Crippen molar-refractivity contribution in [3.8, 4) is 17.1 Å². The number of hydrogen-bond donors (Lipinski definition) is 0. The molecule has 6 heteroatoms. The van der Waals surface area contributed by atoms with E-state index < -0.39 is 0 Å². The fourth-order valence-electron chi connectivity index (χ4n) is 5.89. The van der Waals surface area contributed by atoms with E-state index in [2.05, 4.69) is 65.2 Å². The molecule has 3 aromatic heterocycles. The molecule has 0 saturated heterocycles. The van der Waals surface area contributed by atoms with Crippen LogP contribution in [0.4, 0.5) is 0 Å². The molecule has 2 aliphatic carbocycles. The molecule has 152 valence electrons. The number of aromatic nitrogens is 5. The zero-order chi connectivity index (χ0) is 20.5. The maximum Gasteiger partial charge on any atom is 0.148 e. The number of para-hydroxylation sites is 1. The van der Waals surface area contributed by atoms with Crippen LogP contribution in [0.1, 0.15) is 48.9 Å². The van der Waals surface area contributed by atoms with Gasteiger partial charge in [0.05, 0.1) is 23.7 Å². The van der Waals surface area contributed by atoms with E-state index in [4.69, 9.17) is 9.51 Å². The van der Waals surface area contributed by atoms with Crippen LogP contribution >= 0.6 is 0 Å². The summed E-state index contributed by atoms with van der Waals surface area (Å²) in [6.45, 7) is 4.67. The van der Waals surface area contributed by atoms with Crippen LogP contribution in [-0.2, 0) is 25.3 Å². The van der Waals surface area contributed by atoms with E-state index in [0.717, 1.165) is 42.1 Å². The Bertz CT molecular complexity index is 1230. The van der Waals surface area contributed by atoms with Crippen molar-refractivity contribution in [1.29, 1.82) is 0 Å². The summed E-state index contributed by atoms with van der Waals surface area (Å²) in [5.41, 5.74) is 5.94.